The number of aliphatic hydroxyl groups is 1. The second-order valence-electron chi connectivity index (χ2n) is 6.38. The molecule has 1 aromatic carbocycles. The number of aliphatic hydroxyl groups excluding tert-OH is 1. The van der Waals surface area contributed by atoms with Crippen LogP contribution >= 0.6 is 0 Å². The molecule has 0 fully saturated rings. The van der Waals surface area contributed by atoms with Gasteiger partial charge >= 0.3 is 12.6 Å². The van der Waals surface area contributed by atoms with Gasteiger partial charge in [-0.1, -0.05) is 30.3 Å². The zero-order chi connectivity index (χ0) is 23.8. The minimum Gasteiger partial charge on any atom is -0.371 e. The van der Waals surface area contributed by atoms with Crippen LogP contribution in [0, 0.1) is 0 Å². The fourth-order valence-corrected chi connectivity index (χ4v) is 1.98. The fraction of sp³-hybridized carbons (Fsp3) is 0.684. The number of nitrogens with zero attached hydrogens (tertiary/aromatic N) is 2. The van der Waals surface area contributed by atoms with Gasteiger partial charge in [-0.05, 0) is 32.5 Å². The lowest BCUT2D eigenvalue weighted by atomic mass is 10.2. The summed E-state index contributed by atoms with van der Waals surface area (Å²) >= 11 is 0. The van der Waals surface area contributed by atoms with Crippen LogP contribution in [0.1, 0.15) is 18.4 Å². The van der Waals surface area contributed by atoms with Gasteiger partial charge in [-0.15, -0.1) is 0 Å². The molecule has 0 aliphatic carbocycles. The van der Waals surface area contributed by atoms with Crippen molar-refractivity contribution in [2.24, 2.45) is 0 Å². The summed E-state index contributed by atoms with van der Waals surface area (Å²) in [7, 11) is 1.99. The monoisotopic (exact) mass is 464 g/mol. The molecule has 0 amide bonds. The smallest absolute Gasteiger partial charge is 0.371 e. The number of rotatable bonds is 13. The standard InChI is InChI=1S/C13H18F3NO2.C6H12F3NO2/c1-17(13(14,15)16)8-5-9-18-11-19-10-12-6-3-2-4-7-12;1-10(6(7,8)9)3-2-4-12-5-11/h2-4,6-7H,5,8-11H2,1H3;11H,2-5H2,1H3. The predicted molar refractivity (Wildman–Crippen MR) is 102 cm³/mol. The van der Waals surface area contributed by atoms with E-state index >= 15 is 0 Å². The molecule has 0 aliphatic rings. The second kappa shape index (κ2) is 16.2. The molecule has 182 valence electrons. The van der Waals surface area contributed by atoms with Crippen LogP contribution in [0.15, 0.2) is 30.3 Å². The van der Waals surface area contributed by atoms with E-state index in [-0.39, 0.29) is 44.4 Å². The number of halogens is 6. The van der Waals surface area contributed by atoms with Gasteiger partial charge in [0.2, 0.25) is 0 Å². The van der Waals surface area contributed by atoms with Crippen molar-refractivity contribution in [3.05, 3.63) is 35.9 Å². The molecule has 0 unspecified atom stereocenters. The first-order chi connectivity index (χ1) is 14.5. The number of hydrogen-bond donors (Lipinski definition) is 1. The first-order valence-electron chi connectivity index (χ1n) is 9.42. The molecule has 1 aromatic rings. The third-order valence-corrected chi connectivity index (χ3v) is 3.80. The van der Waals surface area contributed by atoms with E-state index in [1.165, 1.54) is 0 Å². The van der Waals surface area contributed by atoms with Crippen LogP contribution in [0.25, 0.3) is 0 Å². The molecule has 0 heterocycles. The molecule has 0 saturated carbocycles. The summed E-state index contributed by atoms with van der Waals surface area (Å²) in [6.45, 7) is 0.251. The lowest BCUT2D eigenvalue weighted by Gasteiger charge is -2.19. The maximum Gasteiger partial charge on any atom is 0.459 e. The molecule has 0 aromatic heterocycles. The van der Waals surface area contributed by atoms with Gasteiger partial charge in [-0.2, -0.15) is 26.3 Å². The highest BCUT2D eigenvalue weighted by Gasteiger charge is 2.33. The molecule has 0 saturated heterocycles. The van der Waals surface area contributed by atoms with Crippen LogP contribution in [0.4, 0.5) is 26.3 Å². The van der Waals surface area contributed by atoms with Gasteiger partial charge in [0.1, 0.15) is 13.6 Å². The molecule has 0 spiro atoms. The van der Waals surface area contributed by atoms with Gasteiger partial charge < -0.3 is 19.3 Å². The zero-order valence-corrected chi connectivity index (χ0v) is 17.6. The Morgan fingerprint density at radius 2 is 1.26 bits per heavy atom. The molecule has 31 heavy (non-hydrogen) atoms. The van der Waals surface area contributed by atoms with Gasteiger partial charge in [-0.3, -0.25) is 0 Å². The molecule has 0 atom stereocenters. The average molecular weight is 464 g/mol. The zero-order valence-electron chi connectivity index (χ0n) is 17.6. The van der Waals surface area contributed by atoms with Crippen molar-refractivity contribution in [3.8, 4) is 0 Å². The summed E-state index contributed by atoms with van der Waals surface area (Å²) in [5, 5.41) is 8.13. The predicted octanol–water partition coefficient (Wildman–Crippen LogP) is 3.81. The number of ether oxygens (including phenoxy) is 3. The van der Waals surface area contributed by atoms with Crippen molar-refractivity contribution >= 4 is 0 Å². The molecular weight excluding hydrogens is 434 g/mol. The third kappa shape index (κ3) is 16.9. The van der Waals surface area contributed by atoms with Gasteiger partial charge in [-0.25, -0.2) is 9.80 Å². The molecule has 0 aliphatic heterocycles. The Labute approximate surface area is 178 Å². The van der Waals surface area contributed by atoms with E-state index in [9.17, 15) is 26.3 Å². The van der Waals surface area contributed by atoms with Crippen LogP contribution in [-0.4, -0.2) is 81.5 Å². The summed E-state index contributed by atoms with van der Waals surface area (Å²) < 4.78 is 86.6. The van der Waals surface area contributed by atoms with Crippen molar-refractivity contribution in [1.29, 1.82) is 0 Å². The van der Waals surface area contributed by atoms with Crippen molar-refractivity contribution in [2.45, 2.75) is 32.0 Å². The summed E-state index contributed by atoms with van der Waals surface area (Å²) in [6, 6.07) is 9.59. The van der Waals surface area contributed by atoms with E-state index in [1.54, 1.807) is 0 Å². The van der Waals surface area contributed by atoms with Crippen molar-refractivity contribution < 1.29 is 45.7 Å². The van der Waals surface area contributed by atoms with Gasteiger partial charge in [0, 0.05) is 13.1 Å². The molecule has 1 rings (SSSR count). The Morgan fingerprint density at radius 1 is 0.774 bits per heavy atom. The maximum absolute atomic E-state index is 12.1. The highest BCUT2D eigenvalue weighted by molar-refractivity contribution is 5.13. The van der Waals surface area contributed by atoms with Gasteiger partial charge in [0.15, 0.2) is 0 Å². The summed E-state index contributed by atoms with van der Waals surface area (Å²) in [5.74, 6) is 0. The first kappa shape index (κ1) is 29.6. The topological polar surface area (TPSA) is 54.4 Å². The Balaban J connectivity index is 0.000000649. The first-order valence-corrected chi connectivity index (χ1v) is 9.42. The van der Waals surface area contributed by atoms with Crippen LogP contribution in [0.2, 0.25) is 0 Å². The molecule has 1 N–H and O–H groups in total. The minimum atomic E-state index is -4.28. The molecule has 0 radical (unpaired) electrons. The van der Waals surface area contributed by atoms with Crippen molar-refractivity contribution in [3.63, 3.8) is 0 Å². The quantitative estimate of drug-likeness (QED) is 0.207. The third-order valence-electron chi connectivity index (χ3n) is 3.80. The second-order valence-corrected chi connectivity index (χ2v) is 6.38. The van der Waals surface area contributed by atoms with Crippen molar-refractivity contribution in [2.75, 3.05) is 54.0 Å². The fourth-order valence-electron chi connectivity index (χ4n) is 1.98. The van der Waals surface area contributed by atoms with E-state index < -0.39 is 19.4 Å². The summed E-state index contributed by atoms with van der Waals surface area (Å²) in [4.78, 5) is 0.606. The highest BCUT2D eigenvalue weighted by Crippen LogP contribution is 2.19. The van der Waals surface area contributed by atoms with E-state index in [1.807, 2.05) is 30.3 Å². The Hall–Kier alpha value is -1.44. The SMILES string of the molecule is CN(CCCOCO)C(F)(F)F.CN(CCCOCOCc1ccccc1)C(F)(F)F. The number of alkyl halides is 6. The Kier molecular flexibility index (Phi) is 15.5. The van der Waals surface area contributed by atoms with E-state index in [2.05, 4.69) is 4.74 Å². The van der Waals surface area contributed by atoms with Crippen LogP contribution in [0.3, 0.4) is 0 Å². The molecule has 0 bridgehead atoms. The number of hydrogen-bond acceptors (Lipinski definition) is 6. The normalized spacial score (nSPS) is 12.2. The molecule has 6 nitrogen and oxygen atoms in total. The molecular formula is C19H30F6N2O4. The van der Waals surface area contributed by atoms with Crippen LogP contribution in [-0.2, 0) is 20.8 Å². The van der Waals surface area contributed by atoms with E-state index in [0.717, 1.165) is 19.7 Å². The summed E-state index contributed by atoms with van der Waals surface area (Å²) in [5.41, 5.74) is 1.03. The van der Waals surface area contributed by atoms with Gasteiger partial charge in [0.05, 0.1) is 19.8 Å². The minimum absolute atomic E-state index is 0.0812. The van der Waals surface area contributed by atoms with E-state index in [0.29, 0.717) is 17.9 Å². The van der Waals surface area contributed by atoms with Crippen molar-refractivity contribution in [1.82, 2.24) is 9.80 Å². The lowest BCUT2D eigenvalue weighted by Crippen LogP contribution is -2.35. The number of benzene rings is 1. The Morgan fingerprint density at radius 3 is 1.71 bits per heavy atom. The maximum atomic E-state index is 12.1. The largest absolute Gasteiger partial charge is 0.459 e. The van der Waals surface area contributed by atoms with E-state index in [4.69, 9.17) is 14.6 Å². The average Bonchev–Trinajstić information content (AvgIpc) is 2.70. The summed E-state index contributed by atoms with van der Waals surface area (Å²) in [6.07, 6.45) is -8.00. The van der Waals surface area contributed by atoms with Gasteiger partial charge in [0.25, 0.3) is 0 Å². The van der Waals surface area contributed by atoms with Crippen LogP contribution in [0.5, 0.6) is 0 Å². The Bertz CT molecular complexity index is 546. The highest BCUT2D eigenvalue weighted by atomic mass is 19.4. The molecule has 12 heteroatoms. The lowest BCUT2D eigenvalue weighted by molar-refractivity contribution is -0.238. The van der Waals surface area contributed by atoms with Crippen LogP contribution < -0.4 is 0 Å².